The van der Waals surface area contributed by atoms with Gasteiger partial charge >= 0.3 is 0 Å². The van der Waals surface area contributed by atoms with Crippen molar-refractivity contribution in [1.29, 1.82) is 0 Å². The summed E-state index contributed by atoms with van der Waals surface area (Å²) < 4.78 is 0. The maximum Gasteiger partial charge on any atom is 0.0640 e. The summed E-state index contributed by atoms with van der Waals surface area (Å²) in [5.41, 5.74) is 5.60. The van der Waals surface area contributed by atoms with E-state index in [0.29, 0.717) is 23.7 Å². The van der Waals surface area contributed by atoms with Crippen LogP contribution in [0.1, 0.15) is 24.0 Å². The number of benzene rings is 2. The highest BCUT2D eigenvalue weighted by molar-refractivity contribution is 5.96. The van der Waals surface area contributed by atoms with Gasteiger partial charge in [-0.1, -0.05) is 60.7 Å². The molecule has 2 aromatic carbocycles. The Morgan fingerprint density at radius 1 is 0.727 bits per heavy atom. The van der Waals surface area contributed by atoms with Crippen molar-refractivity contribution in [3.63, 3.8) is 0 Å². The molecule has 0 aliphatic heterocycles. The minimum Gasteiger partial charge on any atom is -0.392 e. The van der Waals surface area contributed by atoms with E-state index in [4.69, 9.17) is 0 Å². The molecule has 0 radical (unpaired) electrons. The van der Waals surface area contributed by atoms with Gasteiger partial charge in [0.05, 0.1) is 6.10 Å². The minimum atomic E-state index is -0.141. The van der Waals surface area contributed by atoms with Crippen molar-refractivity contribution in [2.75, 3.05) is 0 Å². The zero-order chi connectivity index (χ0) is 14.7. The Labute approximate surface area is 131 Å². The molecule has 1 heteroatoms. The number of aliphatic hydroxyl groups is 1. The number of fused-ring (bicyclic) bond motifs is 1. The van der Waals surface area contributed by atoms with Crippen LogP contribution < -0.4 is 0 Å². The normalized spacial score (nSPS) is 35.4. The quantitative estimate of drug-likeness (QED) is 0.876. The van der Waals surface area contributed by atoms with Crippen molar-refractivity contribution in [3.8, 4) is 0 Å². The largest absolute Gasteiger partial charge is 0.392 e. The van der Waals surface area contributed by atoms with Crippen molar-refractivity contribution in [3.05, 3.63) is 71.8 Å². The molecule has 2 bridgehead atoms. The van der Waals surface area contributed by atoms with Crippen molar-refractivity contribution in [2.45, 2.75) is 18.9 Å². The number of rotatable bonds is 2. The summed E-state index contributed by atoms with van der Waals surface area (Å²) in [6.45, 7) is 0. The summed E-state index contributed by atoms with van der Waals surface area (Å²) >= 11 is 0. The van der Waals surface area contributed by atoms with Gasteiger partial charge in [0.2, 0.25) is 0 Å². The summed E-state index contributed by atoms with van der Waals surface area (Å²) in [5.74, 6) is 2.17. The maximum atomic E-state index is 10.8. The lowest BCUT2D eigenvalue weighted by atomic mass is 9.81. The third kappa shape index (κ3) is 1.58. The second-order valence-electron chi connectivity index (χ2n) is 7.08. The van der Waals surface area contributed by atoms with Gasteiger partial charge < -0.3 is 5.11 Å². The molecule has 0 spiro atoms. The first-order valence-electron chi connectivity index (χ1n) is 8.37. The second-order valence-corrected chi connectivity index (χ2v) is 7.08. The van der Waals surface area contributed by atoms with Crippen LogP contribution in [0.25, 0.3) is 11.1 Å². The molecule has 0 aromatic heterocycles. The third-order valence-corrected chi connectivity index (χ3v) is 6.12. The van der Waals surface area contributed by atoms with E-state index in [1.807, 2.05) is 0 Å². The molecule has 2 aromatic rings. The maximum absolute atomic E-state index is 10.8. The molecule has 22 heavy (non-hydrogen) atoms. The molecule has 1 nitrogen and oxygen atoms in total. The van der Waals surface area contributed by atoms with Gasteiger partial charge in [-0.15, -0.1) is 0 Å². The molecule has 110 valence electrons. The van der Waals surface area contributed by atoms with E-state index >= 15 is 0 Å². The Hall–Kier alpha value is -1.86. The second kappa shape index (κ2) is 4.57. The fraction of sp³-hybridized carbons (Fsp3) is 0.333. The number of hydrogen-bond donors (Lipinski definition) is 1. The Kier molecular flexibility index (Phi) is 2.63. The summed E-state index contributed by atoms with van der Waals surface area (Å²) in [6.07, 6.45) is 2.24. The zero-order valence-corrected chi connectivity index (χ0v) is 12.5. The highest BCUT2D eigenvalue weighted by Gasteiger charge is 2.59. The lowest BCUT2D eigenvalue weighted by Crippen LogP contribution is -2.27. The van der Waals surface area contributed by atoms with E-state index in [1.165, 1.54) is 35.1 Å². The topological polar surface area (TPSA) is 20.2 Å². The number of allylic oxidation sites excluding steroid dienone is 1. The van der Waals surface area contributed by atoms with Crippen molar-refractivity contribution in [1.82, 2.24) is 0 Å². The first kappa shape index (κ1) is 12.7. The van der Waals surface area contributed by atoms with Crippen LogP contribution in [0.15, 0.2) is 60.7 Å². The van der Waals surface area contributed by atoms with E-state index < -0.39 is 0 Å². The van der Waals surface area contributed by atoms with Gasteiger partial charge in [0.15, 0.2) is 0 Å². The predicted molar refractivity (Wildman–Crippen MR) is 88.9 cm³/mol. The molecular weight excluding hydrogens is 268 g/mol. The fourth-order valence-electron chi connectivity index (χ4n) is 5.38. The molecule has 2 saturated carbocycles. The fourth-order valence-corrected chi connectivity index (χ4v) is 5.38. The molecule has 2 unspecified atom stereocenters. The lowest BCUT2D eigenvalue weighted by Gasteiger charge is -2.26. The molecule has 3 aliphatic carbocycles. The number of hydrogen-bond acceptors (Lipinski definition) is 1. The Morgan fingerprint density at radius 2 is 1.32 bits per heavy atom. The zero-order valence-electron chi connectivity index (χ0n) is 12.5. The van der Waals surface area contributed by atoms with Gasteiger partial charge in [-0.05, 0) is 52.9 Å². The van der Waals surface area contributed by atoms with Crippen LogP contribution in [0.4, 0.5) is 0 Å². The summed E-state index contributed by atoms with van der Waals surface area (Å²) in [4.78, 5) is 0. The Morgan fingerprint density at radius 3 is 1.91 bits per heavy atom. The van der Waals surface area contributed by atoms with Gasteiger partial charge in [0.1, 0.15) is 0 Å². The molecule has 0 heterocycles. The molecule has 2 fully saturated rings. The Balaban J connectivity index is 1.75. The van der Waals surface area contributed by atoms with Gasteiger partial charge in [-0.3, -0.25) is 0 Å². The summed E-state index contributed by atoms with van der Waals surface area (Å²) in [6, 6.07) is 21.6. The molecule has 0 amide bonds. The standard InChI is InChI=1S/C21H20O/c22-21-15-11-16-17(12-15)20(21)19(14-9-5-2-6-10-14)18(16)13-7-3-1-4-8-13/h1-10,15-17,20-22H,11-12H2/t15-,16?,17-,20?,21+/m1/s1. The smallest absolute Gasteiger partial charge is 0.0640 e. The highest BCUT2D eigenvalue weighted by atomic mass is 16.3. The predicted octanol–water partition coefficient (Wildman–Crippen LogP) is 4.24. The van der Waals surface area contributed by atoms with Crippen LogP contribution in [-0.4, -0.2) is 11.2 Å². The van der Waals surface area contributed by atoms with Gasteiger partial charge in [-0.2, -0.15) is 0 Å². The van der Waals surface area contributed by atoms with Crippen LogP contribution in [0, 0.1) is 23.7 Å². The van der Waals surface area contributed by atoms with Crippen LogP contribution in [0.5, 0.6) is 0 Å². The highest BCUT2D eigenvalue weighted by Crippen LogP contribution is 2.66. The van der Waals surface area contributed by atoms with E-state index in [9.17, 15) is 5.11 Å². The molecule has 3 aliphatic rings. The monoisotopic (exact) mass is 288 g/mol. The Bertz CT molecular complexity index is 731. The minimum absolute atomic E-state index is 0.141. The first-order valence-corrected chi connectivity index (χ1v) is 8.37. The van der Waals surface area contributed by atoms with Gasteiger partial charge in [0, 0.05) is 5.92 Å². The lowest BCUT2D eigenvalue weighted by molar-refractivity contribution is 0.0801. The van der Waals surface area contributed by atoms with Gasteiger partial charge in [0.25, 0.3) is 0 Å². The first-order chi connectivity index (χ1) is 10.8. The van der Waals surface area contributed by atoms with Crippen LogP contribution >= 0.6 is 0 Å². The van der Waals surface area contributed by atoms with E-state index in [2.05, 4.69) is 60.7 Å². The van der Waals surface area contributed by atoms with Crippen LogP contribution in [0.3, 0.4) is 0 Å². The van der Waals surface area contributed by atoms with Crippen molar-refractivity contribution >= 4 is 11.1 Å². The van der Waals surface area contributed by atoms with E-state index in [-0.39, 0.29) is 6.10 Å². The van der Waals surface area contributed by atoms with Gasteiger partial charge in [-0.25, -0.2) is 0 Å². The average Bonchev–Trinajstić information content (AvgIpc) is 3.18. The third-order valence-electron chi connectivity index (χ3n) is 6.12. The summed E-state index contributed by atoms with van der Waals surface area (Å²) in [7, 11) is 0. The van der Waals surface area contributed by atoms with Crippen LogP contribution in [0.2, 0.25) is 0 Å². The summed E-state index contributed by atoms with van der Waals surface area (Å²) in [5, 5.41) is 10.8. The van der Waals surface area contributed by atoms with E-state index in [1.54, 1.807) is 0 Å². The molecule has 0 saturated heterocycles. The number of aliphatic hydroxyl groups excluding tert-OH is 1. The SMILES string of the molecule is O[C@@H]1C2C(c3ccccc3)=C(c3ccccc3)C3C[C@@H]1C[C@H]32. The average molecular weight is 288 g/mol. The molecule has 5 rings (SSSR count). The van der Waals surface area contributed by atoms with Crippen molar-refractivity contribution < 1.29 is 5.11 Å². The van der Waals surface area contributed by atoms with Crippen LogP contribution in [-0.2, 0) is 0 Å². The molecule has 5 atom stereocenters. The van der Waals surface area contributed by atoms with Crippen molar-refractivity contribution in [2.24, 2.45) is 23.7 Å². The molecular formula is C21H20O. The van der Waals surface area contributed by atoms with E-state index in [0.717, 1.165) is 0 Å². The molecule has 1 N–H and O–H groups in total.